The monoisotopic (exact) mass is 648 g/mol. The normalized spacial score (nSPS) is 17.5. The van der Waals surface area contributed by atoms with Gasteiger partial charge >= 0.3 is 6.18 Å². The fourth-order valence-electron chi connectivity index (χ4n) is 5.45. The van der Waals surface area contributed by atoms with Crippen molar-refractivity contribution in [2.75, 3.05) is 11.9 Å². The van der Waals surface area contributed by atoms with Crippen LogP contribution in [0.3, 0.4) is 0 Å². The summed E-state index contributed by atoms with van der Waals surface area (Å²) in [5.74, 6) is -0.0917. The minimum Gasteiger partial charge on any atom is -0.392 e. The predicted octanol–water partition coefficient (Wildman–Crippen LogP) is 4.37. The van der Waals surface area contributed by atoms with Crippen molar-refractivity contribution in [1.29, 1.82) is 0 Å². The van der Waals surface area contributed by atoms with E-state index in [1.165, 1.54) is 23.0 Å². The van der Waals surface area contributed by atoms with E-state index in [4.69, 9.17) is 0 Å². The molecule has 0 bridgehead atoms. The first-order chi connectivity index (χ1) is 21.8. The van der Waals surface area contributed by atoms with Crippen molar-refractivity contribution in [3.8, 4) is 11.3 Å². The van der Waals surface area contributed by atoms with Gasteiger partial charge in [-0.25, -0.2) is 18.7 Å². The summed E-state index contributed by atoms with van der Waals surface area (Å²) in [5, 5.41) is 22.0. The summed E-state index contributed by atoms with van der Waals surface area (Å²) in [5.41, 5.74) is 0.154. The molecule has 1 fully saturated rings. The molecule has 5 rings (SSSR count). The Bertz CT molecular complexity index is 1720. The maximum absolute atomic E-state index is 13.8. The number of imidazole rings is 1. The fourth-order valence-corrected chi connectivity index (χ4v) is 5.45. The van der Waals surface area contributed by atoms with E-state index >= 15 is 0 Å². The number of anilines is 2. The Balaban J connectivity index is 1.31. The van der Waals surface area contributed by atoms with Gasteiger partial charge in [-0.3, -0.25) is 18.7 Å². The first-order valence-electron chi connectivity index (χ1n) is 14.7. The molecular formula is C30H33F5N8O3. The number of Topliss-reactive ketones (excluding diaryl/α,β-unsaturated/α-hetero) is 1. The van der Waals surface area contributed by atoms with Crippen LogP contribution >= 0.6 is 0 Å². The van der Waals surface area contributed by atoms with Crippen molar-refractivity contribution in [2.24, 2.45) is 0 Å². The molecule has 0 saturated carbocycles. The molecule has 4 heterocycles. The van der Waals surface area contributed by atoms with E-state index in [-0.39, 0.29) is 47.4 Å². The fraction of sp³-hybridized carbons (Fsp3) is 0.433. The zero-order valence-electron chi connectivity index (χ0n) is 25.0. The van der Waals surface area contributed by atoms with Gasteiger partial charge in [-0.05, 0) is 49.9 Å². The largest absolute Gasteiger partial charge is 0.435 e. The number of amides is 1. The maximum Gasteiger partial charge on any atom is 0.435 e. The van der Waals surface area contributed by atoms with E-state index in [2.05, 4.69) is 31.0 Å². The van der Waals surface area contributed by atoms with E-state index < -0.39 is 36.5 Å². The number of hydrogen-bond acceptors (Lipinski definition) is 8. The highest BCUT2D eigenvalue weighted by Gasteiger charge is 2.38. The van der Waals surface area contributed by atoms with Gasteiger partial charge in [0, 0.05) is 48.8 Å². The second-order valence-electron chi connectivity index (χ2n) is 11.2. The number of rotatable bonds is 12. The lowest BCUT2D eigenvalue weighted by molar-refractivity contribution is -0.141. The molecule has 1 aliphatic rings. The molecule has 3 aromatic heterocycles. The maximum atomic E-state index is 13.8. The third-order valence-electron chi connectivity index (χ3n) is 7.75. The number of benzene rings is 1. The number of nitrogens with one attached hydrogen (secondary N) is 3. The van der Waals surface area contributed by atoms with Crippen molar-refractivity contribution in [2.45, 2.75) is 76.9 Å². The number of ketones is 1. The standard InChI is InChI=1S/C30H33F5N8O3/c1-3-17-10-18(5-6-20(17)29(46)39-16(2)4-7-24(45)22-11-19(44)12-37-22)40-27-28-38-13-23(43(28)9-8-36-27)21-14-42(15-25(31)32)41-26(21)30(33,34)35/h5-6,8-10,13-14,16,19,22,25,37,44H,3-4,7,11-12,15H2,1-2H3,(H,36,40)(H,39,46)/t16-,19-,22+/m1/s1. The first-order valence-corrected chi connectivity index (χ1v) is 14.7. The molecule has 3 atom stereocenters. The molecule has 4 aromatic rings. The van der Waals surface area contributed by atoms with E-state index in [1.54, 1.807) is 18.2 Å². The minimum atomic E-state index is -4.89. The van der Waals surface area contributed by atoms with Crippen LogP contribution < -0.4 is 16.0 Å². The molecule has 1 aliphatic heterocycles. The Kier molecular flexibility index (Phi) is 9.67. The number of carbonyl (C=O) groups excluding carboxylic acids is 2. The van der Waals surface area contributed by atoms with E-state index in [0.29, 0.717) is 47.3 Å². The number of hydrogen-bond donors (Lipinski definition) is 4. The SMILES string of the molecule is CCc1cc(Nc2nccn3c(-c4cn(CC(F)F)nc4C(F)(F)F)cnc23)ccc1C(=O)N[C@H](C)CCC(=O)[C@@H]1C[C@@H](O)CN1. The van der Waals surface area contributed by atoms with Gasteiger partial charge in [-0.1, -0.05) is 6.92 Å². The molecule has 16 heteroatoms. The second-order valence-corrected chi connectivity index (χ2v) is 11.2. The highest BCUT2D eigenvalue weighted by Crippen LogP contribution is 2.37. The molecule has 46 heavy (non-hydrogen) atoms. The Morgan fingerprint density at radius 3 is 2.67 bits per heavy atom. The number of halogens is 5. The molecule has 0 spiro atoms. The predicted molar refractivity (Wildman–Crippen MR) is 158 cm³/mol. The van der Waals surface area contributed by atoms with Crippen molar-refractivity contribution >= 4 is 28.8 Å². The van der Waals surface area contributed by atoms with Crippen LogP contribution in [0.5, 0.6) is 0 Å². The Morgan fingerprint density at radius 1 is 1.22 bits per heavy atom. The average Bonchev–Trinajstić information content (AvgIpc) is 3.74. The van der Waals surface area contributed by atoms with E-state index in [1.807, 2.05) is 13.8 Å². The Morgan fingerprint density at radius 2 is 2.00 bits per heavy atom. The summed E-state index contributed by atoms with van der Waals surface area (Å²) in [6.45, 7) is 3.09. The van der Waals surface area contributed by atoms with Crippen LogP contribution in [0.1, 0.15) is 54.7 Å². The number of aromatic nitrogens is 5. The number of fused-ring (bicyclic) bond motifs is 1. The Hall–Kier alpha value is -4.44. The first kappa shape index (κ1) is 32.9. The van der Waals surface area contributed by atoms with E-state index in [0.717, 1.165) is 6.20 Å². The summed E-state index contributed by atoms with van der Waals surface area (Å²) in [7, 11) is 0. The molecule has 1 saturated heterocycles. The molecular weight excluding hydrogens is 615 g/mol. The van der Waals surface area contributed by atoms with Crippen molar-refractivity contribution in [3.63, 3.8) is 0 Å². The van der Waals surface area contributed by atoms with Crippen LogP contribution in [-0.2, 0) is 23.9 Å². The summed E-state index contributed by atoms with van der Waals surface area (Å²) in [6.07, 6.45) is -1.84. The van der Waals surface area contributed by atoms with Crippen LogP contribution in [0.4, 0.5) is 33.5 Å². The number of β-amino-alcohol motifs (C(OH)–C–C–N with tert-alkyl or cyclic N) is 1. The molecule has 11 nitrogen and oxygen atoms in total. The number of alkyl halides is 5. The third kappa shape index (κ3) is 7.33. The molecule has 0 aliphatic carbocycles. The van der Waals surface area contributed by atoms with Crippen molar-refractivity contribution < 1.29 is 36.6 Å². The van der Waals surface area contributed by atoms with Gasteiger partial charge in [0.05, 0.1) is 29.6 Å². The van der Waals surface area contributed by atoms with E-state index in [9.17, 15) is 36.6 Å². The van der Waals surface area contributed by atoms with Gasteiger partial charge in [0.2, 0.25) is 0 Å². The van der Waals surface area contributed by atoms with Gasteiger partial charge in [0.1, 0.15) is 12.3 Å². The van der Waals surface area contributed by atoms with Crippen LogP contribution in [0.2, 0.25) is 0 Å². The van der Waals surface area contributed by atoms with Crippen LogP contribution in [0.15, 0.2) is 43.0 Å². The quantitative estimate of drug-likeness (QED) is 0.166. The average molecular weight is 649 g/mol. The van der Waals surface area contributed by atoms with Crippen LogP contribution in [-0.4, -0.2) is 72.1 Å². The molecule has 1 amide bonds. The lowest BCUT2D eigenvalue weighted by Gasteiger charge is -2.17. The van der Waals surface area contributed by atoms with Crippen molar-refractivity contribution in [3.05, 3.63) is 59.8 Å². The zero-order chi connectivity index (χ0) is 33.2. The summed E-state index contributed by atoms with van der Waals surface area (Å²) in [4.78, 5) is 34.0. The number of aryl methyl sites for hydroxylation is 1. The number of nitrogens with zero attached hydrogens (tertiary/aromatic N) is 5. The molecule has 0 unspecified atom stereocenters. The van der Waals surface area contributed by atoms with Crippen LogP contribution in [0.25, 0.3) is 16.9 Å². The zero-order valence-corrected chi connectivity index (χ0v) is 25.0. The molecule has 0 radical (unpaired) electrons. The van der Waals surface area contributed by atoms with Gasteiger partial charge in [-0.15, -0.1) is 0 Å². The minimum absolute atomic E-state index is 0.00171. The highest BCUT2D eigenvalue weighted by molar-refractivity contribution is 5.96. The molecule has 246 valence electrons. The lowest BCUT2D eigenvalue weighted by Crippen LogP contribution is -2.35. The van der Waals surface area contributed by atoms with Gasteiger partial charge < -0.3 is 21.1 Å². The Labute approximate surface area is 260 Å². The lowest BCUT2D eigenvalue weighted by atomic mass is 10.0. The number of carbonyl (C=O) groups is 2. The third-order valence-corrected chi connectivity index (χ3v) is 7.75. The topological polar surface area (TPSA) is 138 Å². The van der Waals surface area contributed by atoms with Gasteiger partial charge in [-0.2, -0.15) is 18.3 Å². The summed E-state index contributed by atoms with van der Waals surface area (Å²) in [6, 6.07) is 4.41. The summed E-state index contributed by atoms with van der Waals surface area (Å²) >= 11 is 0. The van der Waals surface area contributed by atoms with Gasteiger partial charge in [0.25, 0.3) is 12.3 Å². The number of aliphatic hydroxyl groups is 1. The smallest absolute Gasteiger partial charge is 0.392 e. The number of aliphatic hydroxyl groups excluding tert-OH is 1. The van der Waals surface area contributed by atoms with Crippen molar-refractivity contribution in [1.82, 2.24) is 34.8 Å². The van der Waals surface area contributed by atoms with Gasteiger partial charge in [0.15, 0.2) is 17.2 Å². The highest BCUT2D eigenvalue weighted by atomic mass is 19.4. The molecule has 1 aromatic carbocycles. The molecule has 4 N–H and O–H groups in total. The summed E-state index contributed by atoms with van der Waals surface area (Å²) < 4.78 is 69.0. The van der Waals surface area contributed by atoms with Crippen LogP contribution in [0, 0.1) is 0 Å². The second kappa shape index (κ2) is 13.5.